The minimum absolute atomic E-state index is 0.0407. The molecule has 3 nitrogen and oxygen atoms in total. The lowest BCUT2D eigenvalue weighted by Crippen LogP contribution is -2.29. The number of anilines is 1. The Morgan fingerprint density at radius 2 is 2.22 bits per heavy atom. The van der Waals surface area contributed by atoms with E-state index in [2.05, 4.69) is 5.32 Å². The number of nitrogens with one attached hydrogen (secondary N) is 2. The molecular weight excluding hydrogens is 223 g/mol. The van der Waals surface area contributed by atoms with E-state index < -0.39 is 0 Å². The molecule has 0 spiro atoms. The minimum atomic E-state index is 0.0407. The van der Waals surface area contributed by atoms with Crippen molar-refractivity contribution in [2.24, 2.45) is 0 Å². The van der Waals surface area contributed by atoms with Crippen molar-refractivity contribution in [2.45, 2.75) is 39.3 Å². The van der Waals surface area contributed by atoms with Gasteiger partial charge in [-0.15, -0.1) is 0 Å². The van der Waals surface area contributed by atoms with Gasteiger partial charge in [-0.1, -0.05) is 11.0 Å². The molecule has 0 bridgehead atoms. The van der Waals surface area contributed by atoms with Gasteiger partial charge in [-0.05, 0) is 44.7 Å². The third kappa shape index (κ3) is 2.59. The van der Waals surface area contributed by atoms with Crippen molar-refractivity contribution >= 4 is 25.2 Å². The predicted molar refractivity (Wildman–Crippen MR) is 76.4 cm³/mol. The van der Waals surface area contributed by atoms with E-state index in [9.17, 15) is 0 Å². The topological polar surface area (TPSA) is 45.1 Å². The third-order valence-corrected chi connectivity index (χ3v) is 3.58. The summed E-state index contributed by atoms with van der Waals surface area (Å²) in [5.74, 6) is 0. The van der Waals surface area contributed by atoms with E-state index >= 15 is 0 Å². The van der Waals surface area contributed by atoms with Crippen molar-refractivity contribution in [2.75, 3.05) is 11.9 Å². The Hall–Kier alpha value is -1.29. The Balaban J connectivity index is 2.28. The molecule has 1 heterocycles. The summed E-state index contributed by atoms with van der Waals surface area (Å²) in [4.78, 5) is 0. The van der Waals surface area contributed by atoms with E-state index in [0.717, 1.165) is 41.8 Å². The molecule has 1 aromatic rings. The predicted octanol–water partition coefficient (Wildman–Crippen LogP) is 2.03. The Bertz CT molecular complexity index is 454. The molecule has 1 saturated heterocycles. The normalized spacial score (nSPS) is 19.6. The highest BCUT2D eigenvalue weighted by Gasteiger charge is 2.16. The second-order valence-electron chi connectivity index (χ2n) is 4.84. The van der Waals surface area contributed by atoms with Crippen LogP contribution in [0.25, 0.3) is 0 Å². The molecule has 1 fully saturated rings. The molecule has 94 valence electrons. The number of aryl methyl sites for hydroxylation is 1. The lowest BCUT2D eigenvalue weighted by atomic mass is 9.83. The fourth-order valence-corrected chi connectivity index (χ4v) is 2.26. The summed E-state index contributed by atoms with van der Waals surface area (Å²) in [6, 6.07) is 2.05. The first-order chi connectivity index (χ1) is 8.63. The van der Waals surface area contributed by atoms with Crippen molar-refractivity contribution in [3.05, 3.63) is 22.8 Å². The summed E-state index contributed by atoms with van der Waals surface area (Å²) >= 11 is 0. The maximum atomic E-state index is 7.52. The molecule has 1 atom stereocenters. The van der Waals surface area contributed by atoms with Crippen LogP contribution < -0.4 is 10.8 Å². The average molecular weight is 242 g/mol. The van der Waals surface area contributed by atoms with Crippen LogP contribution in [-0.4, -0.2) is 26.9 Å². The molecule has 0 aliphatic carbocycles. The molecule has 2 radical (unpaired) electrons. The van der Waals surface area contributed by atoms with Gasteiger partial charge in [0.2, 0.25) is 0 Å². The first-order valence-electron chi connectivity index (χ1n) is 6.41. The highest BCUT2D eigenvalue weighted by molar-refractivity contribution is 6.37. The molecule has 2 rings (SSSR count). The summed E-state index contributed by atoms with van der Waals surface area (Å²) in [6.45, 7) is 4.82. The SMILES string of the molecule is [B]c1c(C)c(C)cc(NC2CCCCO2)c1C=N. The summed E-state index contributed by atoms with van der Waals surface area (Å²) in [5.41, 5.74) is 4.52. The molecule has 0 amide bonds. The van der Waals surface area contributed by atoms with Crippen LogP contribution in [0, 0.1) is 19.3 Å². The molecule has 1 aliphatic heterocycles. The van der Waals surface area contributed by atoms with Gasteiger partial charge >= 0.3 is 0 Å². The second-order valence-corrected chi connectivity index (χ2v) is 4.84. The van der Waals surface area contributed by atoms with Crippen molar-refractivity contribution < 1.29 is 4.74 Å². The van der Waals surface area contributed by atoms with Gasteiger partial charge in [-0.2, -0.15) is 0 Å². The van der Waals surface area contributed by atoms with E-state index in [1.807, 2.05) is 19.9 Å². The van der Waals surface area contributed by atoms with Crippen LogP contribution in [-0.2, 0) is 4.74 Å². The van der Waals surface area contributed by atoms with Crippen LogP contribution in [0.15, 0.2) is 6.07 Å². The molecule has 1 aliphatic rings. The van der Waals surface area contributed by atoms with Crippen molar-refractivity contribution in [3.63, 3.8) is 0 Å². The van der Waals surface area contributed by atoms with E-state index in [0.29, 0.717) is 5.46 Å². The van der Waals surface area contributed by atoms with E-state index in [4.69, 9.17) is 18.0 Å². The largest absolute Gasteiger partial charge is 0.360 e. The number of benzene rings is 1. The van der Waals surface area contributed by atoms with Gasteiger partial charge in [0.1, 0.15) is 14.1 Å². The highest BCUT2D eigenvalue weighted by atomic mass is 16.5. The number of rotatable bonds is 3. The van der Waals surface area contributed by atoms with Crippen molar-refractivity contribution in [3.8, 4) is 0 Å². The lowest BCUT2D eigenvalue weighted by Gasteiger charge is -2.26. The zero-order valence-electron chi connectivity index (χ0n) is 11.0. The van der Waals surface area contributed by atoms with Gasteiger partial charge in [0.05, 0.1) is 0 Å². The fraction of sp³-hybridized carbons (Fsp3) is 0.500. The monoisotopic (exact) mass is 242 g/mol. The highest BCUT2D eigenvalue weighted by Crippen LogP contribution is 2.21. The fourth-order valence-electron chi connectivity index (χ4n) is 2.26. The summed E-state index contributed by atoms with van der Waals surface area (Å²) < 4.78 is 5.66. The van der Waals surface area contributed by atoms with Crippen molar-refractivity contribution in [1.82, 2.24) is 0 Å². The smallest absolute Gasteiger partial charge is 0.127 e. The summed E-state index contributed by atoms with van der Waals surface area (Å²) in [6.07, 6.45) is 4.67. The van der Waals surface area contributed by atoms with E-state index in [1.165, 1.54) is 12.6 Å². The molecule has 1 unspecified atom stereocenters. The average Bonchev–Trinajstić information content (AvgIpc) is 2.38. The lowest BCUT2D eigenvalue weighted by molar-refractivity contribution is 0.0343. The van der Waals surface area contributed by atoms with Gasteiger partial charge in [0, 0.05) is 24.1 Å². The Labute approximate surface area is 110 Å². The molecule has 0 aromatic heterocycles. The number of hydrogen-bond donors (Lipinski definition) is 2. The second kappa shape index (κ2) is 5.57. The molecule has 18 heavy (non-hydrogen) atoms. The first-order valence-corrected chi connectivity index (χ1v) is 6.41. The van der Waals surface area contributed by atoms with Gasteiger partial charge in [0.25, 0.3) is 0 Å². The first kappa shape index (κ1) is 13.2. The van der Waals surface area contributed by atoms with Crippen LogP contribution in [0.1, 0.15) is 36.0 Å². The van der Waals surface area contributed by atoms with Gasteiger partial charge < -0.3 is 15.5 Å². The maximum Gasteiger partial charge on any atom is 0.127 e. The number of ether oxygens (including phenoxy) is 1. The zero-order valence-corrected chi connectivity index (χ0v) is 11.0. The zero-order chi connectivity index (χ0) is 13.1. The minimum Gasteiger partial charge on any atom is -0.360 e. The van der Waals surface area contributed by atoms with E-state index in [1.54, 1.807) is 0 Å². The quantitative estimate of drug-likeness (QED) is 0.629. The summed E-state index contributed by atoms with van der Waals surface area (Å²) in [7, 11) is 6.07. The van der Waals surface area contributed by atoms with Crippen molar-refractivity contribution in [1.29, 1.82) is 5.41 Å². The standard InChI is InChI=1S/C14H19BN2O/c1-9-7-12(11(8-16)14(15)10(9)2)17-13-5-3-4-6-18-13/h7-8,13,16-17H,3-6H2,1-2H3. The summed E-state index contributed by atoms with van der Waals surface area (Å²) in [5, 5.41) is 10.9. The van der Waals surface area contributed by atoms with Crippen LogP contribution in [0.5, 0.6) is 0 Å². The maximum absolute atomic E-state index is 7.52. The Kier molecular flexibility index (Phi) is 4.07. The van der Waals surface area contributed by atoms with Crippen LogP contribution in [0.2, 0.25) is 0 Å². The molecule has 2 N–H and O–H groups in total. The van der Waals surface area contributed by atoms with Gasteiger partial charge in [-0.25, -0.2) is 0 Å². The Morgan fingerprint density at radius 3 is 2.83 bits per heavy atom. The molecule has 0 saturated carbocycles. The van der Waals surface area contributed by atoms with Crippen LogP contribution in [0.3, 0.4) is 0 Å². The van der Waals surface area contributed by atoms with Crippen LogP contribution >= 0.6 is 0 Å². The van der Waals surface area contributed by atoms with Gasteiger partial charge in [0.15, 0.2) is 0 Å². The third-order valence-electron chi connectivity index (χ3n) is 3.58. The van der Waals surface area contributed by atoms with Crippen LogP contribution in [0.4, 0.5) is 5.69 Å². The molecular formula is C14H19BN2O. The number of hydrogen-bond acceptors (Lipinski definition) is 3. The molecule has 4 heteroatoms. The Morgan fingerprint density at radius 1 is 1.44 bits per heavy atom. The van der Waals surface area contributed by atoms with E-state index in [-0.39, 0.29) is 6.23 Å². The van der Waals surface area contributed by atoms with Gasteiger partial charge in [-0.3, -0.25) is 0 Å². The molecule has 1 aromatic carbocycles.